The van der Waals surface area contributed by atoms with E-state index in [0.29, 0.717) is 5.92 Å². The van der Waals surface area contributed by atoms with E-state index in [1.807, 2.05) is 24.3 Å². The van der Waals surface area contributed by atoms with E-state index in [2.05, 4.69) is 45.0 Å². The van der Waals surface area contributed by atoms with Crippen LogP contribution in [-0.2, 0) is 0 Å². The van der Waals surface area contributed by atoms with Crippen molar-refractivity contribution in [3.8, 4) is 5.75 Å². The number of nitrogens with two attached hydrogens (primary N) is 1. The monoisotopic (exact) mass is 283 g/mol. The molecule has 2 heteroatoms. The summed E-state index contributed by atoms with van der Waals surface area (Å²) in [6, 6.07) is 16.6. The van der Waals surface area contributed by atoms with Crippen molar-refractivity contribution in [2.75, 3.05) is 6.61 Å². The number of ether oxygens (including phenoxy) is 1. The maximum atomic E-state index is 6.35. The summed E-state index contributed by atoms with van der Waals surface area (Å²) in [6.07, 6.45) is 1.02. The zero-order chi connectivity index (χ0) is 15.2. The first-order chi connectivity index (χ1) is 10.1. The number of rotatable bonds is 6. The van der Waals surface area contributed by atoms with E-state index >= 15 is 0 Å². The van der Waals surface area contributed by atoms with Crippen molar-refractivity contribution >= 4 is 0 Å². The zero-order valence-electron chi connectivity index (χ0n) is 13.2. The molecule has 2 N–H and O–H groups in total. The lowest BCUT2D eigenvalue weighted by atomic mass is 9.96. The van der Waals surface area contributed by atoms with E-state index in [-0.39, 0.29) is 6.04 Å². The lowest BCUT2D eigenvalue weighted by Crippen LogP contribution is -2.11. The molecule has 0 aliphatic rings. The van der Waals surface area contributed by atoms with E-state index in [0.717, 1.165) is 29.9 Å². The van der Waals surface area contributed by atoms with Crippen LogP contribution in [-0.4, -0.2) is 6.61 Å². The highest BCUT2D eigenvalue weighted by molar-refractivity contribution is 5.36. The van der Waals surface area contributed by atoms with Crippen LogP contribution >= 0.6 is 0 Å². The maximum Gasteiger partial charge on any atom is 0.119 e. The Hall–Kier alpha value is -1.80. The van der Waals surface area contributed by atoms with E-state index < -0.39 is 0 Å². The average molecular weight is 283 g/mol. The Kier molecular flexibility index (Phi) is 5.40. The molecular weight excluding hydrogens is 258 g/mol. The molecule has 0 aromatic heterocycles. The van der Waals surface area contributed by atoms with E-state index in [1.165, 1.54) is 5.56 Å². The lowest BCUT2D eigenvalue weighted by molar-refractivity contribution is 0.317. The topological polar surface area (TPSA) is 35.2 Å². The SMILES string of the molecule is CCCOc1ccc(C(N)c2ccc(C(C)C)cc2)cc1. The van der Waals surface area contributed by atoms with Crippen LogP contribution in [0.2, 0.25) is 0 Å². The molecule has 0 saturated carbocycles. The highest BCUT2D eigenvalue weighted by atomic mass is 16.5. The third kappa shape index (κ3) is 4.08. The molecule has 0 aliphatic carbocycles. The second-order valence-electron chi connectivity index (χ2n) is 5.72. The first-order valence-electron chi connectivity index (χ1n) is 7.70. The molecule has 0 heterocycles. The summed E-state index contributed by atoms with van der Waals surface area (Å²) in [5.74, 6) is 1.45. The van der Waals surface area contributed by atoms with Crippen LogP contribution in [0.3, 0.4) is 0 Å². The Bertz CT molecular complexity index is 543. The molecule has 112 valence electrons. The van der Waals surface area contributed by atoms with E-state index in [4.69, 9.17) is 10.5 Å². The first kappa shape index (κ1) is 15.6. The fourth-order valence-corrected chi connectivity index (χ4v) is 2.27. The Morgan fingerprint density at radius 3 is 1.81 bits per heavy atom. The minimum atomic E-state index is -0.0913. The van der Waals surface area contributed by atoms with Gasteiger partial charge in [0.15, 0.2) is 0 Å². The van der Waals surface area contributed by atoms with Gasteiger partial charge in [0.05, 0.1) is 12.6 Å². The fourth-order valence-electron chi connectivity index (χ4n) is 2.27. The summed E-state index contributed by atoms with van der Waals surface area (Å²) in [5, 5.41) is 0. The van der Waals surface area contributed by atoms with Crippen molar-refractivity contribution in [2.24, 2.45) is 5.73 Å². The second-order valence-corrected chi connectivity index (χ2v) is 5.72. The third-order valence-corrected chi connectivity index (χ3v) is 3.67. The standard InChI is InChI=1S/C19H25NO/c1-4-13-21-18-11-9-17(10-12-18)19(20)16-7-5-15(6-8-16)14(2)3/h5-12,14,19H,4,13,20H2,1-3H3. The molecule has 0 radical (unpaired) electrons. The van der Waals surface area contributed by atoms with Gasteiger partial charge in [-0.2, -0.15) is 0 Å². The molecule has 2 rings (SSSR count). The van der Waals surface area contributed by atoms with Crippen LogP contribution in [0.1, 0.15) is 55.8 Å². The molecule has 0 amide bonds. The Labute approximate surface area is 127 Å². The molecule has 1 unspecified atom stereocenters. The van der Waals surface area contributed by atoms with Gasteiger partial charge < -0.3 is 10.5 Å². The molecule has 0 spiro atoms. The molecule has 0 bridgehead atoms. The van der Waals surface area contributed by atoms with Crippen LogP contribution in [0.4, 0.5) is 0 Å². The van der Waals surface area contributed by atoms with Gasteiger partial charge in [-0.25, -0.2) is 0 Å². The minimum Gasteiger partial charge on any atom is -0.494 e. The fraction of sp³-hybridized carbons (Fsp3) is 0.368. The smallest absolute Gasteiger partial charge is 0.119 e. The molecule has 21 heavy (non-hydrogen) atoms. The van der Waals surface area contributed by atoms with Crippen LogP contribution in [0.25, 0.3) is 0 Å². The molecule has 2 aromatic carbocycles. The molecule has 0 aliphatic heterocycles. The number of hydrogen-bond acceptors (Lipinski definition) is 2. The van der Waals surface area contributed by atoms with E-state index in [9.17, 15) is 0 Å². The minimum absolute atomic E-state index is 0.0913. The quantitative estimate of drug-likeness (QED) is 0.837. The van der Waals surface area contributed by atoms with Crippen LogP contribution in [0.15, 0.2) is 48.5 Å². The molecule has 2 nitrogen and oxygen atoms in total. The van der Waals surface area contributed by atoms with Crippen LogP contribution in [0.5, 0.6) is 5.75 Å². The summed E-state index contributed by atoms with van der Waals surface area (Å²) < 4.78 is 5.60. The first-order valence-corrected chi connectivity index (χ1v) is 7.70. The van der Waals surface area contributed by atoms with Crippen molar-refractivity contribution in [3.63, 3.8) is 0 Å². The van der Waals surface area contributed by atoms with Gasteiger partial charge in [-0.05, 0) is 41.2 Å². The normalized spacial score (nSPS) is 12.4. The van der Waals surface area contributed by atoms with Crippen molar-refractivity contribution in [1.29, 1.82) is 0 Å². The van der Waals surface area contributed by atoms with Crippen LogP contribution < -0.4 is 10.5 Å². The zero-order valence-corrected chi connectivity index (χ0v) is 13.2. The van der Waals surface area contributed by atoms with Gasteiger partial charge in [0, 0.05) is 0 Å². The van der Waals surface area contributed by atoms with Gasteiger partial charge in [-0.3, -0.25) is 0 Å². The van der Waals surface area contributed by atoms with Crippen molar-refractivity contribution in [1.82, 2.24) is 0 Å². The summed E-state index contributed by atoms with van der Waals surface area (Å²) in [7, 11) is 0. The molecule has 0 saturated heterocycles. The third-order valence-electron chi connectivity index (χ3n) is 3.67. The number of hydrogen-bond donors (Lipinski definition) is 1. The van der Waals surface area contributed by atoms with Gasteiger partial charge in [-0.15, -0.1) is 0 Å². The Morgan fingerprint density at radius 2 is 1.33 bits per heavy atom. The predicted octanol–water partition coefficient (Wildman–Crippen LogP) is 4.65. The number of benzene rings is 2. The maximum absolute atomic E-state index is 6.35. The molecule has 2 aromatic rings. The summed E-state index contributed by atoms with van der Waals surface area (Å²) in [6.45, 7) is 7.25. The van der Waals surface area contributed by atoms with Gasteiger partial charge in [0.2, 0.25) is 0 Å². The lowest BCUT2D eigenvalue weighted by Gasteiger charge is -2.15. The van der Waals surface area contributed by atoms with Crippen LogP contribution in [0, 0.1) is 0 Å². The van der Waals surface area contributed by atoms with Crippen molar-refractivity contribution < 1.29 is 4.74 Å². The van der Waals surface area contributed by atoms with Crippen molar-refractivity contribution in [3.05, 3.63) is 65.2 Å². The predicted molar refractivity (Wildman–Crippen MR) is 88.8 cm³/mol. The molecular formula is C19H25NO. The highest BCUT2D eigenvalue weighted by Gasteiger charge is 2.09. The Balaban J connectivity index is 2.10. The Morgan fingerprint density at radius 1 is 0.857 bits per heavy atom. The summed E-state index contributed by atoms with van der Waals surface area (Å²) in [5.41, 5.74) is 9.94. The van der Waals surface area contributed by atoms with Gasteiger partial charge >= 0.3 is 0 Å². The largest absolute Gasteiger partial charge is 0.494 e. The highest BCUT2D eigenvalue weighted by Crippen LogP contribution is 2.24. The summed E-state index contributed by atoms with van der Waals surface area (Å²) >= 11 is 0. The van der Waals surface area contributed by atoms with E-state index in [1.54, 1.807) is 0 Å². The second kappa shape index (κ2) is 7.28. The average Bonchev–Trinajstić information content (AvgIpc) is 2.53. The molecule has 1 atom stereocenters. The molecule has 0 fully saturated rings. The van der Waals surface area contributed by atoms with Gasteiger partial charge in [0.25, 0.3) is 0 Å². The van der Waals surface area contributed by atoms with Gasteiger partial charge in [0.1, 0.15) is 5.75 Å². The summed E-state index contributed by atoms with van der Waals surface area (Å²) in [4.78, 5) is 0. The van der Waals surface area contributed by atoms with Gasteiger partial charge in [-0.1, -0.05) is 57.2 Å². The van der Waals surface area contributed by atoms with Crippen molar-refractivity contribution in [2.45, 2.75) is 39.2 Å².